The maximum Gasteiger partial charge on any atom is 0.329 e. The van der Waals surface area contributed by atoms with Crippen molar-refractivity contribution in [3.05, 3.63) is 47.5 Å². The number of nitrogens with one attached hydrogen (secondary N) is 1. The van der Waals surface area contributed by atoms with Crippen LogP contribution in [0.2, 0.25) is 0 Å². The lowest BCUT2D eigenvalue weighted by atomic mass is 9.46. The number of aliphatic carboxylic acids is 1. The predicted octanol–water partition coefficient (Wildman–Crippen LogP) is 2.62. The highest BCUT2D eigenvalue weighted by Crippen LogP contribution is 2.66. The van der Waals surface area contributed by atoms with E-state index >= 15 is 0 Å². The number of benzene rings is 1. The van der Waals surface area contributed by atoms with E-state index in [0.29, 0.717) is 37.7 Å². The third-order valence-electron chi connectivity index (χ3n) is 11.2. The molecule has 11 nitrogen and oxygen atoms in total. The largest absolute Gasteiger partial charge is 0.480 e. The fourth-order valence-corrected chi connectivity index (χ4v) is 8.76. The van der Waals surface area contributed by atoms with Crippen LogP contribution in [0.1, 0.15) is 83.3 Å². The fourth-order valence-electron chi connectivity index (χ4n) is 8.76. The molecule has 1 amide bonds. The number of Topliss-reactive ketones (excluding diaryl/α,β-unsaturated/α-hetero) is 2. The maximum absolute atomic E-state index is 13.8. The van der Waals surface area contributed by atoms with Gasteiger partial charge in [0.25, 0.3) is 0 Å². The molecule has 0 radical (unpaired) electrons. The Morgan fingerprint density at radius 1 is 1.02 bits per heavy atom. The van der Waals surface area contributed by atoms with E-state index < -0.39 is 71.7 Å². The highest BCUT2D eigenvalue weighted by molar-refractivity contribution is 5.95. The van der Waals surface area contributed by atoms with Gasteiger partial charge in [-0.05, 0) is 61.0 Å². The third-order valence-corrected chi connectivity index (χ3v) is 11.2. The zero-order valence-corrected chi connectivity index (χ0v) is 25.6. The van der Waals surface area contributed by atoms with Gasteiger partial charge in [0, 0.05) is 30.6 Å². The van der Waals surface area contributed by atoms with E-state index in [9.17, 15) is 44.1 Å². The van der Waals surface area contributed by atoms with Crippen LogP contribution in [-0.4, -0.2) is 68.8 Å². The van der Waals surface area contributed by atoms with Crippen LogP contribution >= 0.6 is 0 Å². The molecule has 0 aromatic heterocycles. The molecule has 4 aliphatic rings. The van der Waals surface area contributed by atoms with E-state index in [1.54, 1.807) is 31.2 Å². The Bertz CT molecular complexity index is 1440. The molecule has 3 fully saturated rings. The number of hydrogen-bond acceptors (Lipinski definition) is 9. The quantitative estimate of drug-likeness (QED) is 0.283. The van der Waals surface area contributed by atoms with Crippen molar-refractivity contribution in [2.75, 3.05) is 6.61 Å². The van der Waals surface area contributed by atoms with Crippen molar-refractivity contribution in [1.29, 1.82) is 0 Å². The van der Waals surface area contributed by atoms with E-state index in [1.807, 2.05) is 0 Å². The van der Waals surface area contributed by atoms with Crippen LogP contribution in [0.25, 0.3) is 0 Å². The second-order valence-electron chi connectivity index (χ2n) is 13.6. The first-order valence-electron chi connectivity index (χ1n) is 15.6. The number of aliphatic hydroxyl groups excluding tert-OH is 1. The van der Waals surface area contributed by atoms with Crippen molar-refractivity contribution < 1.29 is 48.8 Å². The molecule has 4 aliphatic carbocycles. The number of ether oxygens (including phenoxy) is 1. The van der Waals surface area contributed by atoms with Crippen LogP contribution in [-0.2, 0) is 33.5 Å². The van der Waals surface area contributed by atoms with Gasteiger partial charge in [-0.1, -0.05) is 49.8 Å². The van der Waals surface area contributed by atoms with E-state index in [4.69, 9.17) is 4.74 Å². The Morgan fingerprint density at radius 2 is 1.73 bits per heavy atom. The Balaban J connectivity index is 1.17. The van der Waals surface area contributed by atoms with Crippen molar-refractivity contribution in [2.45, 2.75) is 89.4 Å². The van der Waals surface area contributed by atoms with E-state index in [-0.39, 0.29) is 42.2 Å². The summed E-state index contributed by atoms with van der Waals surface area (Å²) in [4.78, 5) is 75.9. The predicted molar refractivity (Wildman–Crippen MR) is 158 cm³/mol. The van der Waals surface area contributed by atoms with Gasteiger partial charge in [-0.3, -0.25) is 24.0 Å². The van der Waals surface area contributed by atoms with Gasteiger partial charge in [0.15, 0.2) is 18.4 Å². The number of carboxylic acid groups (broad SMARTS) is 1. The minimum atomic E-state index is -1.86. The SMILES string of the molecule is C[C@]12CCC(=O)C=C1CCC1C2C(=O)C[C@@]2(C)C1CC[C@]2(O)C(=O)COC(=O)CCC(=O)NC(C(=O)O)C(O)c1ccccc1. The van der Waals surface area contributed by atoms with Crippen LogP contribution in [0, 0.1) is 28.6 Å². The van der Waals surface area contributed by atoms with Gasteiger partial charge < -0.3 is 25.4 Å². The summed E-state index contributed by atoms with van der Waals surface area (Å²) in [6.45, 7) is 3.13. The van der Waals surface area contributed by atoms with Crippen molar-refractivity contribution in [3.63, 3.8) is 0 Å². The first kappa shape index (κ1) is 32.7. The molecule has 11 heteroatoms. The number of carbonyl (C=O) groups excluding carboxylic acids is 5. The molecule has 5 rings (SSSR count). The van der Waals surface area contributed by atoms with Crippen molar-refractivity contribution >= 4 is 35.2 Å². The molecule has 45 heavy (non-hydrogen) atoms. The fraction of sp³-hybridized carbons (Fsp3) is 0.588. The lowest BCUT2D eigenvalue weighted by Crippen LogP contribution is -2.61. The first-order valence-corrected chi connectivity index (χ1v) is 15.6. The Kier molecular flexibility index (Phi) is 8.89. The summed E-state index contributed by atoms with van der Waals surface area (Å²) in [5.74, 6) is -4.12. The van der Waals surface area contributed by atoms with Gasteiger partial charge in [0.05, 0.1) is 6.42 Å². The maximum atomic E-state index is 13.8. The number of aliphatic hydroxyl groups is 2. The Labute approximate surface area is 261 Å². The van der Waals surface area contributed by atoms with Gasteiger partial charge in [0.1, 0.15) is 17.5 Å². The second kappa shape index (κ2) is 12.2. The highest BCUT2D eigenvalue weighted by Gasteiger charge is 2.68. The average molecular weight is 624 g/mol. The van der Waals surface area contributed by atoms with Gasteiger partial charge in [-0.2, -0.15) is 0 Å². The summed E-state index contributed by atoms with van der Waals surface area (Å²) >= 11 is 0. The number of carbonyl (C=O) groups is 6. The van der Waals surface area contributed by atoms with Crippen LogP contribution in [0.4, 0.5) is 0 Å². The molecule has 0 bridgehead atoms. The molecule has 8 atom stereocenters. The first-order chi connectivity index (χ1) is 21.2. The Hall–Kier alpha value is -3.70. The van der Waals surface area contributed by atoms with Crippen LogP contribution in [0.5, 0.6) is 0 Å². The van der Waals surface area contributed by atoms with E-state index in [2.05, 4.69) is 12.2 Å². The smallest absolute Gasteiger partial charge is 0.329 e. The molecular formula is C34H41NO10. The minimum Gasteiger partial charge on any atom is -0.480 e. The molecule has 1 aromatic carbocycles. The van der Waals surface area contributed by atoms with Gasteiger partial charge in [-0.15, -0.1) is 0 Å². The molecule has 0 aliphatic heterocycles. The van der Waals surface area contributed by atoms with Gasteiger partial charge in [0.2, 0.25) is 11.7 Å². The summed E-state index contributed by atoms with van der Waals surface area (Å²) < 4.78 is 5.14. The van der Waals surface area contributed by atoms with Crippen LogP contribution in [0.15, 0.2) is 42.0 Å². The summed E-state index contributed by atoms with van der Waals surface area (Å²) in [5, 5.41) is 33.9. The molecule has 3 saturated carbocycles. The molecule has 1 aromatic rings. The van der Waals surface area contributed by atoms with Crippen molar-refractivity contribution in [3.8, 4) is 0 Å². The number of carboxylic acids is 1. The van der Waals surface area contributed by atoms with Crippen molar-refractivity contribution in [1.82, 2.24) is 5.32 Å². The normalized spacial score (nSPS) is 33.5. The summed E-state index contributed by atoms with van der Waals surface area (Å²) in [5.41, 5.74) is -1.96. The number of esters is 1. The van der Waals surface area contributed by atoms with E-state index in [1.165, 1.54) is 12.1 Å². The summed E-state index contributed by atoms with van der Waals surface area (Å²) in [6.07, 6.45) is 2.45. The summed E-state index contributed by atoms with van der Waals surface area (Å²) in [7, 11) is 0. The Morgan fingerprint density at radius 3 is 2.42 bits per heavy atom. The zero-order chi connectivity index (χ0) is 32.7. The number of allylic oxidation sites excluding steroid dienone is 1. The lowest BCUT2D eigenvalue weighted by molar-refractivity contribution is -0.173. The van der Waals surface area contributed by atoms with Gasteiger partial charge >= 0.3 is 11.9 Å². The lowest BCUT2D eigenvalue weighted by Gasteiger charge is -2.57. The summed E-state index contributed by atoms with van der Waals surface area (Å²) in [6, 6.07) is 6.33. The van der Waals surface area contributed by atoms with E-state index in [0.717, 1.165) is 5.57 Å². The average Bonchev–Trinajstić information content (AvgIpc) is 3.28. The number of ketones is 3. The zero-order valence-electron chi connectivity index (χ0n) is 25.6. The number of rotatable bonds is 10. The van der Waals surface area contributed by atoms with Crippen LogP contribution < -0.4 is 5.32 Å². The molecule has 4 N–H and O–H groups in total. The van der Waals surface area contributed by atoms with Crippen LogP contribution in [0.3, 0.4) is 0 Å². The molecule has 242 valence electrons. The monoisotopic (exact) mass is 623 g/mol. The molecule has 0 saturated heterocycles. The molecule has 5 unspecified atom stereocenters. The van der Waals surface area contributed by atoms with Gasteiger partial charge in [-0.25, -0.2) is 4.79 Å². The van der Waals surface area contributed by atoms with Crippen molar-refractivity contribution in [2.24, 2.45) is 28.6 Å². The molecule has 0 spiro atoms. The second-order valence-corrected chi connectivity index (χ2v) is 13.6. The number of amides is 1. The molecule has 0 heterocycles. The minimum absolute atomic E-state index is 0.00520. The molecular weight excluding hydrogens is 582 g/mol. The third kappa shape index (κ3) is 5.76. The number of fused-ring (bicyclic) bond motifs is 5. The highest BCUT2D eigenvalue weighted by atomic mass is 16.5. The topological polar surface area (TPSA) is 184 Å². The standard InChI is InChI=1S/C34H41NO10/c1-32-14-12-21(36)16-20(32)8-9-22-23-13-15-34(44,33(23,2)17-24(37)28(22)32)25(38)18-45-27(40)11-10-26(39)35-29(31(42)43)30(41)19-6-4-3-5-7-19/h3-7,16,22-23,28-30,41,44H,8-15,17-18H2,1-2H3,(H,35,39)(H,42,43)/t22?,23?,28?,29?,30?,32-,33-,34-/m0/s1. The number of hydrogen-bond donors (Lipinski definition) is 4.